The van der Waals surface area contributed by atoms with E-state index in [-0.39, 0.29) is 64.3 Å². The lowest BCUT2D eigenvalue weighted by Gasteiger charge is -2.22. The number of rotatable bonds is 61. The number of carbonyl (C=O) groups excluding carboxylic acids is 3. The van der Waals surface area contributed by atoms with E-state index >= 15 is 0 Å². The Kier molecular flexibility index (Phi) is 51.4. The van der Waals surface area contributed by atoms with Crippen molar-refractivity contribution in [1.82, 2.24) is 28.4 Å². The highest BCUT2D eigenvalue weighted by molar-refractivity contribution is 5.78. The van der Waals surface area contributed by atoms with Crippen LogP contribution in [0.25, 0.3) is 0 Å². The average molecular weight is 1150 g/mol. The largest absolute Gasteiger partial charge is 0.464 e. The fourth-order valence-electron chi connectivity index (χ4n) is 10.9. The number of carbonyl (C=O) groups is 3. The minimum Gasteiger partial charge on any atom is -0.464 e. The molecule has 0 saturated heterocycles. The molecule has 0 aliphatic carbocycles. The lowest BCUT2D eigenvalue weighted by atomic mass is 10.1. The molecule has 0 saturated carbocycles. The second-order valence-electron chi connectivity index (χ2n) is 23.8. The number of hydrogen-bond acceptors (Lipinski definition) is 11. The molecule has 0 unspecified atom stereocenters. The Morgan fingerprint density at radius 3 is 0.790 bits per heavy atom. The first-order chi connectivity index (χ1) is 39.6. The monoisotopic (exact) mass is 1140 g/mol. The minimum atomic E-state index is -0.840. The topological polar surface area (TPSA) is 145 Å². The molecule has 0 N–H and O–H groups in total. The van der Waals surface area contributed by atoms with Gasteiger partial charge in [-0.05, 0) is 84.2 Å². The van der Waals surface area contributed by atoms with Crippen molar-refractivity contribution in [2.24, 2.45) is 0 Å². The molecule has 0 bridgehead atoms. The SMILES string of the molecule is CCCCCCCCN(CCCCCCCC)CCC(=O)CCCn1c(=O)n(CCOC(=O)CCN(CCCCCCCC)CCCCCCCC)c(=O)n(CCOC(=O)CCN(CCCCCCCC)CCCCCCCC)c1=O. The van der Waals surface area contributed by atoms with Crippen LogP contribution in [0.2, 0.25) is 0 Å². The summed E-state index contributed by atoms with van der Waals surface area (Å²) in [4.78, 5) is 89.3. The van der Waals surface area contributed by atoms with Gasteiger partial charge in [0, 0.05) is 39.0 Å². The molecule has 14 nitrogen and oxygen atoms in total. The summed E-state index contributed by atoms with van der Waals surface area (Å²) in [6.07, 6.45) is 45.0. The first-order valence-corrected chi connectivity index (χ1v) is 34.5. The van der Waals surface area contributed by atoms with Gasteiger partial charge in [0.15, 0.2) is 0 Å². The minimum absolute atomic E-state index is 0.0530. The van der Waals surface area contributed by atoms with Gasteiger partial charge >= 0.3 is 29.0 Å². The van der Waals surface area contributed by atoms with Crippen molar-refractivity contribution < 1.29 is 23.9 Å². The zero-order valence-corrected chi connectivity index (χ0v) is 53.8. The number of aromatic nitrogens is 3. The summed E-state index contributed by atoms with van der Waals surface area (Å²) in [7, 11) is 0. The molecule has 0 atom stereocenters. The molecule has 0 fully saturated rings. The highest BCUT2D eigenvalue weighted by Gasteiger charge is 2.19. The summed E-state index contributed by atoms with van der Waals surface area (Å²) in [5, 5.41) is 0. The van der Waals surface area contributed by atoms with Crippen LogP contribution in [0, 0.1) is 0 Å². The summed E-state index contributed by atoms with van der Waals surface area (Å²) in [5.74, 6) is -0.706. The number of ether oxygens (including phenoxy) is 2. The van der Waals surface area contributed by atoms with E-state index in [9.17, 15) is 28.8 Å². The molecule has 1 aromatic heterocycles. The number of nitrogens with zero attached hydrogens (tertiary/aromatic N) is 6. The van der Waals surface area contributed by atoms with Crippen LogP contribution < -0.4 is 17.1 Å². The molecule has 474 valence electrons. The van der Waals surface area contributed by atoms with Crippen LogP contribution in [0.1, 0.15) is 305 Å². The van der Waals surface area contributed by atoms with E-state index in [1.54, 1.807) is 0 Å². The van der Waals surface area contributed by atoms with Crippen LogP contribution in [-0.2, 0) is 43.5 Å². The maximum atomic E-state index is 14.1. The summed E-state index contributed by atoms with van der Waals surface area (Å²) in [5.41, 5.74) is -2.44. The zero-order valence-electron chi connectivity index (χ0n) is 53.8. The number of ketones is 1. The number of unbranched alkanes of at least 4 members (excludes halogenated alkanes) is 30. The number of Topliss-reactive ketones (excluding diaryl/α,β-unsaturated/α-hetero) is 1. The summed E-state index contributed by atoms with van der Waals surface area (Å²) >= 11 is 0. The third-order valence-corrected chi connectivity index (χ3v) is 16.3. The Morgan fingerprint density at radius 1 is 0.284 bits per heavy atom. The lowest BCUT2D eigenvalue weighted by Crippen LogP contribution is -2.55. The van der Waals surface area contributed by atoms with Gasteiger partial charge in [-0.15, -0.1) is 0 Å². The van der Waals surface area contributed by atoms with Crippen LogP contribution in [-0.4, -0.2) is 118 Å². The quantitative estimate of drug-likeness (QED) is 0.0454. The Bertz CT molecular complexity index is 1550. The van der Waals surface area contributed by atoms with Gasteiger partial charge in [0.05, 0.1) is 25.9 Å². The number of hydrogen-bond donors (Lipinski definition) is 0. The Balaban J connectivity index is 3.18. The smallest absolute Gasteiger partial charge is 0.336 e. The first kappa shape index (κ1) is 75.9. The first-order valence-electron chi connectivity index (χ1n) is 34.5. The molecule has 0 spiro atoms. The van der Waals surface area contributed by atoms with Gasteiger partial charge in [-0.2, -0.15) is 0 Å². The van der Waals surface area contributed by atoms with E-state index in [1.807, 2.05) is 0 Å². The normalized spacial score (nSPS) is 11.7. The lowest BCUT2D eigenvalue weighted by molar-refractivity contribution is -0.145. The molecule has 1 rings (SSSR count). The van der Waals surface area contributed by atoms with E-state index < -0.39 is 29.0 Å². The maximum absolute atomic E-state index is 14.1. The van der Waals surface area contributed by atoms with Gasteiger partial charge < -0.3 is 24.2 Å². The van der Waals surface area contributed by atoms with E-state index in [4.69, 9.17) is 9.47 Å². The van der Waals surface area contributed by atoms with E-state index in [0.717, 1.165) is 91.5 Å². The van der Waals surface area contributed by atoms with E-state index in [1.165, 1.54) is 193 Å². The molecule has 0 aromatic carbocycles. The van der Waals surface area contributed by atoms with E-state index in [2.05, 4.69) is 56.2 Å². The van der Waals surface area contributed by atoms with Crippen LogP contribution in [0.5, 0.6) is 0 Å². The predicted molar refractivity (Wildman–Crippen MR) is 339 cm³/mol. The molecule has 0 aliphatic heterocycles. The highest BCUT2D eigenvalue weighted by Crippen LogP contribution is 2.14. The molecule has 0 radical (unpaired) electrons. The third-order valence-electron chi connectivity index (χ3n) is 16.3. The van der Waals surface area contributed by atoms with Crippen LogP contribution in [0.4, 0.5) is 0 Å². The van der Waals surface area contributed by atoms with Crippen molar-refractivity contribution in [3.05, 3.63) is 31.5 Å². The van der Waals surface area contributed by atoms with Crippen molar-refractivity contribution in [3.8, 4) is 0 Å². The molecule has 0 aliphatic rings. The molecule has 0 amide bonds. The van der Waals surface area contributed by atoms with Crippen molar-refractivity contribution in [1.29, 1.82) is 0 Å². The van der Waals surface area contributed by atoms with Crippen LogP contribution >= 0.6 is 0 Å². The molecular formula is C67H128N6O8. The highest BCUT2D eigenvalue weighted by atomic mass is 16.5. The zero-order chi connectivity index (χ0) is 59.2. The molecule has 1 aromatic rings. The fourth-order valence-corrected chi connectivity index (χ4v) is 10.9. The van der Waals surface area contributed by atoms with Crippen LogP contribution in [0.15, 0.2) is 14.4 Å². The van der Waals surface area contributed by atoms with Gasteiger partial charge in [-0.3, -0.25) is 14.4 Å². The molecule has 1 heterocycles. The second-order valence-corrected chi connectivity index (χ2v) is 23.8. The van der Waals surface area contributed by atoms with Gasteiger partial charge in [-0.1, -0.05) is 234 Å². The van der Waals surface area contributed by atoms with Crippen molar-refractivity contribution in [3.63, 3.8) is 0 Å². The number of esters is 2. The second kappa shape index (κ2) is 54.8. The van der Waals surface area contributed by atoms with Crippen LogP contribution in [0.3, 0.4) is 0 Å². The van der Waals surface area contributed by atoms with E-state index in [0.29, 0.717) is 26.1 Å². The molecule has 81 heavy (non-hydrogen) atoms. The summed E-state index contributed by atoms with van der Waals surface area (Å²) in [6, 6.07) is 0. The van der Waals surface area contributed by atoms with Crippen molar-refractivity contribution in [2.75, 3.05) is 72.1 Å². The Hall–Kier alpha value is -3.10. The molecular weight excluding hydrogens is 1020 g/mol. The van der Waals surface area contributed by atoms with Gasteiger partial charge in [0.25, 0.3) is 0 Å². The standard InChI is InChI=1S/C67H128N6O8/c1-7-13-19-25-31-37-48-68(49-38-32-26-20-14-8-2)55-45-62(74)44-43-54-71-65(77)72(58-60-80-63(75)46-56-69(50-39-33-27-21-15-9-3)51-40-34-28-22-16-10-4)67(79)73(66(71)78)59-61-81-64(76)47-57-70(52-41-35-29-23-17-11-5)53-42-36-30-24-18-12-6/h7-61H2,1-6H3. The molecule has 14 heteroatoms. The predicted octanol–water partition coefficient (Wildman–Crippen LogP) is 14.8. The van der Waals surface area contributed by atoms with Crippen molar-refractivity contribution >= 4 is 17.7 Å². The van der Waals surface area contributed by atoms with Gasteiger partial charge in [0.2, 0.25) is 0 Å². The Labute approximate surface area is 496 Å². The third kappa shape index (κ3) is 41.5. The van der Waals surface area contributed by atoms with Gasteiger partial charge in [-0.25, -0.2) is 28.1 Å². The Morgan fingerprint density at radius 2 is 0.519 bits per heavy atom. The average Bonchev–Trinajstić information content (AvgIpc) is 3.47. The summed E-state index contributed by atoms with van der Waals surface area (Å²) < 4.78 is 14.3. The maximum Gasteiger partial charge on any atom is 0.336 e. The van der Waals surface area contributed by atoms with Crippen molar-refractivity contribution in [2.45, 2.75) is 324 Å². The summed E-state index contributed by atoms with van der Waals surface area (Å²) in [6.45, 7) is 20.1. The van der Waals surface area contributed by atoms with Gasteiger partial charge in [0.1, 0.15) is 19.0 Å². The fraction of sp³-hybridized carbons (Fsp3) is 0.910.